The summed E-state index contributed by atoms with van der Waals surface area (Å²) < 4.78 is 24.5. The number of nitrogens with zero attached hydrogens (tertiary/aromatic N) is 6. The van der Waals surface area contributed by atoms with Gasteiger partial charge in [0.05, 0.1) is 42.8 Å². The predicted octanol–water partition coefficient (Wildman–Crippen LogP) is 6.37. The molecule has 51 heavy (non-hydrogen) atoms. The summed E-state index contributed by atoms with van der Waals surface area (Å²) in [5.41, 5.74) is 10.9. The normalized spacial score (nSPS) is 23.7. The van der Waals surface area contributed by atoms with E-state index in [2.05, 4.69) is 22.8 Å². The fourth-order valence-corrected chi connectivity index (χ4v) is 8.77. The molecule has 5 aliphatic heterocycles. The van der Waals surface area contributed by atoms with Crippen molar-refractivity contribution in [3.8, 4) is 6.01 Å². The number of hydrogen-bond donors (Lipinski definition) is 1. The number of alkyl halides is 1. The molecule has 1 amide bonds. The van der Waals surface area contributed by atoms with E-state index in [1.54, 1.807) is 12.0 Å². The van der Waals surface area contributed by atoms with E-state index in [4.69, 9.17) is 53.4 Å². The first-order valence-corrected chi connectivity index (χ1v) is 20.2. The number of thioether (sulfide) groups is 1. The van der Waals surface area contributed by atoms with E-state index in [1.807, 2.05) is 37.7 Å². The van der Waals surface area contributed by atoms with Crippen molar-refractivity contribution in [2.24, 2.45) is 10.7 Å². The molecule has 2 aromatic rings. The highest BCUT2D eigenvalue weighted by Crippen LogP contribution is 2.38. The number of aromatic nitrogens is 2. The van der Waals surface area contributed by atoms with Gasteiger partial charge in [0.15, 0.2) is 0 Å². The molecule has 280 valence electrons. The van der Waals surface area contributed by atoms with E-state index in [-0.39, 0.29) is 22.7 Å². The van der Waals surface area contributed by atoms with Gasteiger partial charge in [-0.1, -0.05) is 56.1 Å². The number of carbonyl (C=O) groups excluding carboxylic acids is 1. The molecule has 14 heteroatoms. The Balaban J connectivity index is 0.000000390. The largest absolute Gasteiger partial charge is 0.467 e. The fraction of sp³-hybridized carbons (Fsp3) is 0.622. The van der Waals surface area contributed by atoms with Crippen LogP contribution in [0.1, 0.15) is 74.9 Å². The van der Waals surface area contributed by atoms with Crippen LogP contribution in [0.2, 0.25) is 5.02 Å². The van der Waals surface area contributed by atoms with Gasteiger partial charge in [0.25, 0.3) is 5.91 Å². The molecule has 3 saturated heterocycles. The quantitative estimate of drug-likeness (QED) is 0.336. The third-order valence-electron chi connectivity index (χ3n) is 9.90. The number of amides is 1. The summed E-state index contributed by atoms with van der Waals surface area (Å²) in [6, 6.07) is 6.84. The number of benzene rings is 1. The van der Waals surface area contributed by atoms with Gasteiger partial charge in [0, 0.05) is 67.3 Å². The molecule has 0 bridgehead atoms. The van der Waals surface area contributed by atoms with Gasteiger partial charge in [-0.15, -0.1) is 0 Å². The number of carbonyl (C=O) groups is 1. The molecule has 7 rings (SSSR count). The van der Waals surface area contributed by atoms with E-state index in [0.717, 1.165) is 70.5 Å². The SMILES string of the molecule is CC.CCc1c(Cl)cccc1C1Cc2nc(OC)nc(N3CCCN=C(/C(Cl)=C(\N)C(=O)N4CCSCC4)C3)c2CO1.FC1CC2CCCN2C1. The summed E-state index contributed by atoms with van der Waals surface area (Å²) in [5.74, 6) is 2.27. The van der Waals surface area contributed by atoms with Crippen molar-refractivity contribution in [2.75, 3.05) is 69.3 Å². The number of hydrogen-bond acceptors (Lipinski definition) is 10. The molecule has 2 N–H and O–H groups in total. The Kier molecular flexibility index (Phi) is 14.7. The minimum atomic E-state index is -0.518. The second kappa shape index (κ2) is 18.9. The number of fused-ring (bicyclic) bond motifs is 2. The van der Waals surface area contributed by atoms with Crippen molar-refractivity contribution in [3.05, 3.63) is 56.3 Å². The monoisotopic (exact) mass is 763 g/mol. The van der Waals surface area contributed by atoms with Crippen molar-refractivity contribution in [1.82, 2.24) is 19.8 Å². The zero-order chi connectivity index (χ0) is 36.5. The second-order valence-corrected chi connectivity index (χ2v) is 15.0. The molecule has 5 aliphatic rings. The number of halogens is 3. The molecule has 0 saturated carbocycles. The molecule has 6 heterocycles. The maximum atomic E-state index is 13.0. The lowest BCUT2D eigenvalue weighted by atomic mass is 9.94. The van der Waals surface area contributed by atoms with E-state index in [0.29, 0.717) is 70.1 Å². The van der Waals surface area contributed by atoms with Gasteiger partial charge in [-0.25, -0.2) is 4.39 Å². The van der Waals surface area contributed by atoms with Crippen LogP contribution in [0.5, 0.6) is 6.01 Å². The molecule has 1 aromatic heterocycles. The molecule has 3 atom stereocenters. The Bertz CT molecular complexity index is 1560. The highest BCUT2D eigenvalue weighted by molar-refractivity contribution is 7.99. The molecule has 1 aromatic carbocycles. The van der Waals surface area contributed by atoms with Crippen LogP contribution in [0.4, 0.5) is 10.2 Å². The van der Waals surface area contributed by atoms with Crippen LogP contribution >= 0.6 is 35.0 Å². The number of rotatable bonds is 6. The first-order chi connectivity index (χ1) is 24.8. The van der Waals surface area contributed by atoms with Crippen LogP contribution in [0.3, 0.4) is 0 Å². The van der Waals surface area contributed by atoms with E-state index >= 15 is 0 Å². The zero-order valence-electron chi connectivity index (χ0n) is 30.3. The average molecular weight is 765 g/mol. The number of ether oxygens (including phenoxy) is 2. The van der Waals surface area contributed by atoms with Crippen molar-refractivity contribution < 1.29 is 18.7 Å². The summed E-state index contributed by atoms with van der Waals surface area (Å²) in [4.78, 5) is 33.3. The smallest absolute Gasteiger partial charge is 0.318 e. The van der Waals surface area contributed by atoms with E-state index in [1.165, 1.54) is 12.8 Å². The van der Waals surface area contributed by atoms with Crippen molar-refractivity contribution in [1.29, 1.82) is 0 Å². The Morgan fingerprint density at radius 2 is 1.94 bits per heavy atom. The molecule has 3 unspecified atom stereocenters. The van der Waals surface area contributed by atoms with Crippen molar-refractivity contribution in [2.45, 2.75) is 84.2 Å². The molecule has 3 fully saturated rings. The van der Waals surface area contributed by atoms with Crippen LogP contribution in [0.15, 0.2) is 33.9 Å². The average Bonchev–Trinajstić information content (AvgIpc) is 3.66. The topological polar surface area (TPSA) is 109 Å². The number of anilines is 1. The van der Waals surface area contributed by atoms with Gasteiger partial charge < -0.3 is 25.0 Å². The summed E-state index contributed by atoms with van der Waals surface area (Å²) in [5, 5.41) is 0.947. The van der Waals surface area contributed by atoms with Crippen LogP contribution in [0.25, 0.3) is 0 Å². The van der Waals surface area contributed by atoms with Crippen molar-refractivity contribution >= 4 is 52.4 Å². The first kappa shape index (κ1) is 39.6. The summed E-state index contributed by atoms with van der Waals surface area (Å²) >= 11 is 15.1. The van der Waals surface area contributed by atoms with Crippen LogP contribution < -0.4 is 15.4 Å². The van der Waals surface area contributed by atoms with Gasteiger partial charge in [0.2, 0.25) is 0 Å². The fourth-order valence-electron chi connectivity index (χ4n) is 7.35. The Morgan fingerprint density at radius 3 is 2.67 bits per heavy atom. The van der Waals surface area contributed by atoms with Crippen LogP contribution in [0, 0.1) is 0 Å². The van der Waals surface area contributed by atoms with Crippen LogP contribution in [-0.2, 0) is 29.0 Å². The van der Waals surface area contributed by atoms with Crippen LogP contribution in [-0.4, -0.2) is 108 Å². The Morgan fingerprint density at radius 1 is 1.16 bits per heavy atom. The lowest BCUT2D eigenvalue weighted by molar-refractivity contribution is -0.126. The summed E-state index contributed by atoms with van der Waals surface area (Å²) in [6.45, 7) is 11.2. The maximum absolute atomic E-state index is 13.0. The molecule has 10 nitrogen and oxygen atoms in total. The lowest BCUT2D eigenvalue weighted by Crippen LogP contribution is -2.41. The van der Waals surface area contributed by atoms with Gasteiger partial charge in [0.1, 0.15) is 17.7 Å². The zero-order valence-corrected chi connectivity index (χ0v) is 32.6. The minimum absolute atomic E-state index is 0.0379. The van der Waals surface area contributed by atoms with Gasteiger partial charge in [-0.05, 0) is 55.8 Å². The minimum Gasteiger partial charge on any atom is -0.467 e. The highest BCUT2D eigenvalue weighted by Gasteiger charge is 2.35. The molecule has 0 aliphatic carbocycles. The molecule has 0 radical (unpaired) electrons. The van der Waals surface area contributed by atoms with E-state index in [9.17, 15) is 9.18 Å². The number of nitrogens with two attached hydrogens (primary N) is 1. The second-order valence-electron chi connectivity index (χ2n) is 13.0. The summed E-state index contributed by atoms with van der Waals surface area (Å²) in [6.07, 6.45) is 4.81. The van der Waals surface area contributed by atoms with Gasteiger partial charge >= 0.3 is 6.01 Å². The number of methoxy groups -OCH3 is 1. The van der Waals surface area contributed by atoms with Gasteiger partial charge in [-0.2, -0.15) is 21.7 Å². The Labute approximate surface area is 316 Å². The summed E-state index contributed by atoms with van der Waals surface area (Å²) in [7, 11) is 1.56. The Hall–Kier alpha value is -2.64. The molecular formula is C37H52Cl2FN7O3S. The van der Waals surface area contributed by atoms with E-state index < -0.39 is 6.17 Å². The molecule has 0 spiro atoms. The first-order valence-electron chi connectivity index (χ1n) is 18.3. The number of aliphatic imine (C=N–C) groups is 1. The third kappa shape index (κ3) is 9.48. The lowest BCUT2D eigenvalue weighted by Gasteiger charge is -2.31. The standard InChI is InChI=1S/C28H34Cl2N6O3S.C7H12FN.C2H6/c1-3-17-18(6-4-7-20(17)29)23-14-21-19(16-39-23)26(34-28(33-21)38-2)36-9-5-8-32-22(15-36)24(30)25(31)27(37)35-10-12-40-13-11-35;8-6-4-7-2-1-3-9(7)5-6;1-2/h4,6-7,23H,3,5,8-16,31H2,1-2H3;6-7H,1-5H2;1-2H3/b25-24+;;. The molecular weight excluding hydrogens is 712 g/mol. The maximum Gasteiger partial charge on any atom is 0.318 e. The van der Waals surface area contributed by atoms with Crippen molar-refractivity contribution in [3.63, 3.8) is 0 Å². The predicted molar refractivity (Wildman–Crippen MR) is 206 cm³/mol. The highest BCUT2D eigenvalue weighted by atomic mass is 35.5. The van der Waals surface area contributed by atoms with Gasteiger partial charge in [-0.3, -0.25) is 14.7 Å². The third-order valence-corrected chi connectivity index (χ3v) is 11.6.